The van der Waals surface area contributed by atoms with E-state index < -0.39 is 21.8 Å². The molecule has 2 aromatic carbocycles. The summed E-state index contributed by atoms with van der Waals surface area (Å²) in [6.45, 7) is 0.0554. The number of hydrogen-bond donors (Lipinski definition) is 1. The Morgan fingerprint density at radius 3 is 2.77 bits per heavy atom. The first-order chi connectivity index (χ1) is 14.3. The number of anilines is 1. The van der Waals surface area contributed by atoms with Crippen molar-refractivity contribution in [2.75, 3.05) is 11.8 Å². The molecule has 0 amide bonds. The Bertz CT molecular complexity index is 1280. The molecule has 0 saturated heterocycles. The van der Waals surface area contributed by atoms with Crippen molar-refractivity contribution in [3.05, 3.63) is 64.1 Å². The van der Waals surface area contributed by atoms with E-state index in [1.807, 2.05) is 0 Å². The topological polar surface area (TPSA) is 107 Å². The fourth-order valence-corrected chi connectivity index (χ4v) is 5.20. The van der Waals surface area contributed by atoms with Crippen LogP contribution in [0.3, 0.4) is 0 Å². The van der Waals surface area contributed by atoms with Gasteiger partial charge in [-0.15, -0.1) is 0 Å². The summed E-state index contributed by atoms with van der Waals surface area (Å²) in [6.07, 6.45) is 1.51. The van der Waals surface area contributed by atoms with E-state index in [9.17, 15) is 17.6 Å². The lowest BCUT2D eigenvalue weighted by Crippen LogP contribution is -2.19. The highest BCUT2D eigenvalue weighted by Crippen LogP contribution is 2.42. The fraction of sp³-hybridized carbons (Fsp3) is 0.105. The summed E-state index contributed by atoms with van der Waals surface area (Å²) in [5.41, 5.74) is 1.73. The van der Waals surface area contributed by atoms with Crippen molar-refractivity contribution in [3.63, 3.8) is 0 Å². The summed E-state index contributed by atoms with van der Waals surface area (Å²) < 4.78 is 52.1. The second-order valence-corrected chi connectivity index (χ2v) is 8.72. The molecule has 30 heavy (non-hydrogen) atoms. The van der Waals surface area contributed by atoms with Crippen molar-refractivity contribution in [2.24, 2.45) is 0 Å². The maximum atomic E-state index is 13.4. The minimum Gasteiger partial charge on any atom is -0.486 e. The largest absolute Gasteiger partial charge is 0.486 e. The van der Waals surface area contributed by atoms with E-state index in [4.69, 9.17) is 9.47 Å². The average molecular weight is 494 g/mol. The number of sulfonamides is 1. The standard InChI is InChI=1S/C19H13BrFN3O5S/c1-28-19(25)17-14(24-30(26,27)16-5-2-10(21)8-13(16)20)4-3-12-11-6-7-22-23-15(11)9-29-18(12)17/h2-8,24H,9H2,1H3. The predicted octanol–water partition coefficient (Wildman–Crippen LogP) is 3.53. The Kier molecular flexibility index (Phi) is 5.16. The second-order valence-electron chi connectivity index (χ2n) is 6.22. The van der Waals surface area contributed by atoms with Crippen molar-refractivity contribution < 1.29 is 27.1 Å². The molecule has 0 spiro atoms. The summed E-state index contributed by atoms with van der Waals surface area (Å²) in [5.74, 6) is -1.21. The monoisotopic (exact) mass is 493 g/mol. The molecule has 154 valence electrons. The number of aromatic nitrogens is 2. The van der Waals surface area contributed by atoms with Crippen LogP contribution in [0.25, 0.3) is 11.1 Å². The van der Waals surface area contributed by atoms with E-state index >= 15 is 0 Å². The molecule has 1 aromatic heterocycles. The van der Waals surface area contributed by atoms with Crippen LogP contribution in [0.2, 0.25) is 0 Å². The molecule has 1 aliphatic rings. The molecule has 0 saturated carbocycles. The van der Waals surface area contributed by atoms with Gasteiger partial charge >= 0.3 is 5.97 Å². The lowest BCUT2D eigenvalue weighted by atomic mass is 9.97. The number of rotatable bonds is 4. The van der Waals surface area contributed by atoms with E-state index in [0.29, 0.717) is 16.8 Å². The molecule has 0 bridgehead atoms. The van der Waals surface area contributed by atoms with Crippen LogP contribution in [0.4, 0.5) is 10.1 Å². The zero-order valence-electron chi connectivity index (χ0n) is 15.3. The first kappa shape index (κ1) is 20.2. The number of benzene rings is 2. The Morgan fingerprint density at radius 2 is 2.03 bits per heavy atom. The van der Waals surface area contributed by atoms with Gasteiger partial charge in [-0.05, 0) is 52.3 Å². The predicted molar refractivity (Wildman–Crippen MR) is 108 cm³/mol. The third-order valence-corrected chi connectivity index (χ3v) is 6.76. The van der Waals surface area contributed by atoms with Crippen molar-refractivity contribution >= 4 is 37.6 Å². The third-order valence-electron chi connectivity index (χ3n) is 4.42. The zero-order chi connectivity index (χ0) is 21.5. The second kappa shape index (κ2) is 7.65. The highest BCUT2D eigenvalue weighted by atomic mass is 79.9. The van der Waals surface area contributed by atoms with E-state index in [-0.39, 0.29) is 33.0 Å². The van der Waals surface area contributed by atoms with Crippen LogP contribution in [-0.2, 0) is 21.4 Å². The maximum Gasteiger partial charge on any atom is 0.343 e. The van der Waals surface area contributed by atoms with E-state index in [2.05, 4.69) is 30.8 Å². The van der Waals surface area contributed by atoms with Crippen LogP contribution in [0.15, 0.2) is 52.0 Å². The number of nitrogens with one attached hydrogen (secondary N) is 1. The van der Waals surface area contributed by atoms with Crippen molar-refractivity contribution in [1.82, 2.24) is 10.2 Å². The number of ether oxygens (including phenoxy) is 2. The maximum absolute atomic E-state index is 13.4. The Morgan fingerprint density at radius 1 is 1.23 bits per heavy atom. The van der Waals surface area contributed by atoms with Crippen molar-refractivity contribution in [2.45, 2.75) is 11.5 Å². The Labute approximate surface area is 179 Å². The molecule has 0 fully saturated rings. The molecule has 2 heterocycles. The van der Waals surface area contributed by atoms with Gasteiger partial charge in [-0.3, -0.25) is 4.72 Å². The molecule has 4 rings (SSSR count). The first-order valence-electron chi connectivity index (χ1n) is 8.48. The third kappa shape index (κ3) is 3.50. The van der Waals surface area contributed by atoms with E-state index in [1.165, 1.54) is 19.4 Å². The fourth-order valence-electron chi connectivity index (χ4n) is 3.08. The van der Waals surface area contributed by atoms with E-state index in [1.54, 1.807) is 12.1 Å². The average Bonchev–Trinajstić information content (AvgIpc) is 2.72. The van der Waals surface area contributed by atoms with Crippen molar-refractivity contribution in [1.29, 1.82) is 0 Å². The summed E-state index contributed by atoms with van der Waals surface area (Å²) in [5, 5.41) is 7.83. The molecule has 11 heteroatoms. The van der Waals surface area contributed by atoms with Crippen LogP contribution in [0.5, 0.6) is 5.75 Å². The number of fused-ring (bicyclic) bond motifs is 3. The number of nitrogens with zero attached hydrogens (tertiary/aromatic N) is 2. The summed E-state index contributed by atoms with van der Waals surface area (Å²) >= 11 is 3.05. The molecule has 3 aromatic rings. The van der Waals surface area contributed by atoms with E-state index in [0.717, 1.165) is 18.2 Å². The minimum atomic E-state index is -4.16. The molecule has 1 aliphatic heterocycles. The van der Waals surface area contributed by atoms with Gasteiger partial charge in [-0.2, -0.15) is 10.2 Å². The lowest BCUT2D eigenvalue weighted by Gasteiger charge is -2.23. The van der Waals surface area contributed by atoms with Crippen LogP contribution in [-0.4, -0.2) is 31.7 Å². The number of carbonyl (C=O) groups excluding carboxylic acids is 1. The number of halogens is 2. The first-order valence-corrected chi connectivity index (χ1v) is 10.8. The quantitative estimate of drug-likeness (QED) is 0.553. The summed E-state index contributed by atoms with van der Waals surface area (Å²) in [7, 11) is -2.98. The minimum absolute atomic E-state index is 0.0383. The van der Waals surface area contributed by atoms with Gasteiger partial charge in [-0.25, -0.2) is 17.6 Å². The van der Waals surface area contributed by atoms with Gasteiger partial charge < -0.3 is 9.47 Å². The van der Waals surface area contributed by atoms with Gasteiger partial charge in [-0.1, -0.05) is 0 Å². The lowest BCUT2D eigenvalue weighted by molar-refractivity contribution is 0.0596. The number of methoxy groups -OCH3 is 1. The van der Waals surface area contributed by atoms with Gasteiger partial charge in [0.2, 0.25) is 0 Å². The highest BCUT2D eigenvalue weighted by Gasteiger charge is 2.30. The molecule has 0 radical (unpaired) electrons. The number of esters is 1. The summed E-state index contributed by atoms with van der Waals surface area (Å²) in [4.78, 5) is 12.3. The van der Waals surface area contributed by atoms with Crippen LogP contribution in [0, 0.1) is 5.82 Å². The van der Waals surface area contributed by atoms with Crippen LogP contribution in [0.1, 0.15) is 16.1 Å². The van der Waals surface area contributed by atoms with Crippen molar-refractivity contribution in [3.8, 4) is 16.9 Å². The Hall–Kier alpha value is -3.05. The summed E-state index contributed by atoms with van der Waals surface area (Å²) in [6, 6.07) is 7.93. The van der Waals surface area contributed by atoms with Gasteiger partial charge in [0.25, 0.3) is 10.0 Å². The number of hydrogen-bond acceptors (Lipinski definition) is 7. The molecule has 1 N–H and O–H groups in total. The molecule has 0 atom stereocenters. The zero-order valence-corrected chi connectivity index (χ0v) is 17.8. The van der Waals surface area contributed by atoms with Gasteiger partial charge in [0, 0.05) is 15.6 Å². The molecule has 0 aliphatic carbocycles. The number of carbonyl (C=O) groups is 1. The molecule has 8 nitrogen and oxygen atoms in total. The molecule has 0 unspecified atom stereocenters. The molecular weight excluding hydrogens is 481 g/mol. The van der Waals surface area contributed by atoms with Gasteiger partial charge in [0.05, 0.1) is 19.0 Å². The smallest absolute Gasteiger partial charge is 0.343 e. The Balaban J connectivity index is 1.84. The van der Waals surface area contributed by atoms with Crippen LogP contribution >= 0.6 is 15.9 Å². The normalized spacial score (nSPS) is 12.4. The molecular formula is C19H13BrFN3O5S. The van der Waals surface area contributed by atoms with Gasteiger partial charge in [0.1, 0.15) is 34.3 Å². The van der Waals surface area contributed by atoms with Gasteiger partial charge in [0.15, 0.2) is 0 Å². The highest BCUT2D eigenvalue weighted by molar-refractivity contribution is 9.10. The van der Waals surface area contributed by atoms with Crippen LogP contribution < -0.4 is 9.46 Å². The SMILES string of the molecule is COC(=O)c1c(NS(=O)(=O)c2ccc(F)cc2Br)ccc2c1OCc1nnccc1-2.